The van der Waals surface area contributed by atoms with Crippen molar-refractivity contribution in [1.29, 1.82) is 0 Å². The Hall–Kier alpha value is 0. The van der Waals surface area contributed by atoms with Gasteiger partial charge in [0.2, 0.25) is 0 Å². The zero-order valence-corrected chi connectivity index (χ0v) is 82.7. The smallest absolute Gasteiger partial charge is 0.0357 e. The van der Waals surface area contributed by atoms with E-state index in [0.29, 0.717) is 0 Å². The molecule has 8 fully saturated rings. The van der Waals surface area contributed by atoms with Crippen LogP contribution >= 0.6 is 0 Å². The van der Waals surface area contributed by atoms with Crippen molar-refractivity contribution in [3.05, 3.63) is 0 Å². The van der Waals surface area contributed by atoms with Gasteiger partial charge in [-0.2, -0.15) is 0 Å². The van der Waals surface area contributed by atoms with Crippen LogP contribution in [0.3, 0.4) is 0 Å². The fraction of sp³-hybridized carbons (Fsp3) is 1.00. The molecule has 0 aliphatic heterocycles. The predicted octanol–water partition coefficient (Wildman–Crippen LogP) is 37.5. The number of hydrogen-bond donors (Lipinski definition) is 0. The third kappa shape index (κ3) is 54.3. The average molecular weight is 1460 g/mol. The van der Waals surface area contributed by atoms with Gasteiger partial charge < -0.3 is 0 Å². The van der Waals surface area contributed by atoms with Gasteiger partial charge in [-0.15, -0.1) is 0 Å². The fourth-order valence-corrected chi connectivity index (χ4v) is 18.5. The highest BCUT2D eigenvalue weighted by atomic mass is 14.5. The summed E-state index contributed by atoms with van der Waals surface area (Å²) in [6, 6.07) is 0. The van der Waals surface area contributed by atoms with Crippen molar-refractivity contribution in [3.63, 3.8) is 0 Å². The van der Waals surface area contributed by atoms with Crippen LogP contribution in [0.5, 0.6) is 0 Å². The zero-order chi connectivity index (χ0) is 82.7. The molecular weight excluding hydrogens is 1240 g/mol. The Bertz CT molecular complexity index is 1480. The summed E-state index contributed by atoms with van der Waals surface area (Å²) in [7, 11) is 0. The minimum absolute atomic E-state index is 0.901. The van der Waals surface area contributed by atoms with E-state index in [9.17, 15) is 0 Å². The van der Waals surface area contributed by atoms with Crippen LogP contribution in [0.1, 0.15) is 480 Å². The van der Waals surface area contributed by atoms with Crippen molar-refractivity contribution in [2.75, 3.05) is 0 Å². The molecule has 12 atom stereocenters. The molecule has 0 saturated heterocycles. The standard InChI is InChI=1S/3C12H24.2C11H22.2C10H20.C9H18.8C2H6/c1-9(2)11-5-7-12(8-6-11)10(3)4;1-9(2)11-6-5-7-12(8-11)10(3)4;1-9(2)11-7-5-6-8-12(11)10(3)4;1-8(2)10-5-6-11(7-10)9(3)4;1-8(2)10-6-5-7-11(10)9(3)4;1-7(2)9-5-10(6-9)8(3)4;1-7(2)9-5-6-10(9)8(3)4;1-6(2)8-5-9(8)7(3)4;8*1-2/h3*9-12H,5-8H2,1-4H3;2*8-11H,5-7H2,1-4H3;2*7-10H,5-6H2,1-4H3;6-9H,5H2,1-4H3;8*1-2H3. The molecule has 0 bridgehead atoms. The maximum atomic E-state index is 2.39. The molecule has 12 unspecified atom stereocenters. The molecule has 0 aromatic carbocycles. The van der Waals surface area contributed by atoms with Crippen LogP contribution in [0.4, 0.5) is 0 Å². The molecule has 634 valence electrons. The number of hydrogen-bond acceptors (Lipinski definition) is 0. The van der Waals surface area contributed by atoms with Gasteiger partial charge >= 0.3 is 0 Å². The SMILES string of the molecule is CC.CC.CC.CC.CC.CC.CC.CC.CC(C)C1CC(C(C)C)C1.CC(C)C1CC1C(C)C.CC(C)C1CCC(C(C)C)C1.CC(C)C1CCC(C(C)C)CC1.CC(C)C1CCC1C(C)C.CC(C)C1CCCC(C(C)C)C1.CC(C)C1CCCC1C(C)C.CC(C)C1CCCCC1C(C)C. The lowest BCUT2D eigenvalue weighted by atomic mass is 9.64. The molecule has 0 heteroatoms. The first-order valence-corrected chi connectivity index (χ1v) is 48.4. The van der Waals surface area contributed by atoms with Crippen molar-refractivity contribution in [1.82, 2.24) is 0 Å². The predicted molar refractivity (Wildman–Crippen MR) is 490 cm³/mol. The second-order valence-corrected chi connectivity index (χ2v) is 37.9. The van der Waals surface area contributed by atoms with E-state index in [0.717, 1.165) is 189 Å². The minimum atomic E-state index is 0.901. The molecule has 0 radical (unpaired) electrons. The maximum absolute atomic E-state index is 2.39. The largest absolute Gasteiger partial charge is 0.0683 e. The number of rotatable bonds is 16. The lowest BCUT2D eigenvalue weighted by Crippen LogP contribution is -2.33. The lowest BCUT2D eigenvalue weighted by Gasteiger charge is -2.42. The molecule has 0 spiro atoms. The molecule has 8 aliphatic carbocycles. The summed E-state index contributed by atoms with van der Waals surface area (Å²) in [5.41, 5.74) is 0. The minimum Gasteiger partial charge on any atom is -0.0683 e. The van der Waals surface area contributed by atoms with Crippen molar-refractivity contribution < 1.29 is 0 Å². The summed E-state index contributed by atoms with van der Waals surface area (Å²) < 4.78 is 0. The molecule has 0 aromatic rings. The van der Waals surface area contributed by atoms with Gasteiger partial charge in [0.1, 0.15) is 0 Å². The first-order chi connectivity index (χ1) is 48.4. The second kappa shape index (κ2) is 73.5. The zero-order valence-electron chi connectivity index (χ0n) is 82.7. The summed E-state index contributed by atoms with van der Waals surface area (Å²) in [5.74, 6) is 31.2. The van der Waals surface area contributed by atoms with Gasteiger partial charge in [0.15, 0.2) is 0 Å². The first kappa shape index (κ1) is 119. The molecule has 0 nitrogen and oxygen atoms in total. The van der Waals surface area contributed by atoms with Gasteiger partial charge in [0.05, 0.1) is 0 Å². The van der Waals surface area contributed by atoms with Gasteiger partial charge in [-0.05, 0) is 299 Å². The lowest BCUT2D eigenvalue weighted by molar-refractivity contribution is 0.0793. The molecule has 103 heavy (non-hydrogen) atoms. The van der Waals surface area contributed by atoms with Crippen LogP contribution in [0.2, 0.25) is 0 Å². The van der Waals surface area contributed by atoms with Gasteiger partial charge in [-0.25, -0.2) is 0 Å². The quantitative estimate of drug-likeness (QED) is 0.144. The Labute approximate surface area is 665 Å². The summed E-state index contributed by atoms with van der Waals surface area (Å²) in [5, 5.41) is 0. The first-order valence-electron chi connectivity index (χ1n) is 48.4. The van der Waals surface area contributed by atoms with Crippen LogP contribution in [0, 0.1) is 189 Å². The van der Waals surface area contributed by atoms with Crippen LogP contribution in [-0.2, 0) is 0 Å². The van der Waals surface area contributed by atoms with E-state index >= 15 is 0 Å². The van der Waals surface area contributed by atoms with Crippen molar-refractivity contribution in [2.45, 2.75) is 480 Å². The highest BCUT2D eigenvalue weighted by Crippen LogP contribution is 2.49. The highest BCUT2D eigenvalue weighted by Gasteiger charge is 2.41. The van der Waals surface area contributed by atoms with Gasteiger partial charge in [-0.3, -0.25) is 0 Å². The molecule has 0 N–H and O–H groups in total. The van der Waals surface area contributed by atoms with Crippen LogP contribution < -0.4 is 0 Å². The Morgan fingerprint density at radius 3 is 0.417 bits per heavy atom. The third-order valence-electron chi connectivity index (χ3n) is 26.5. The molecule has 8 saturated carbocycles. The van der Waals surface area contributed by atoms with E-state index < -0.39 is 0 Å². The molecule has 0 amide bonds. The van der Waals surface area contributed by atoms with E-state index in [-0.39, 0.29) is 0 Å². The molecule has 8 aliphatic rings. The summed E-state index contributed by atoms with van der Waals surface area (Å²) in [6.07, 6.45) is 34.2. The highest BCUT2D eigenvalue weighted by molar-refractivity contribution is 4.90. The van der Waals surface area contributed by atoms with E-state index in [1.807, 2.05) is 111 Å². The summed E-state index contributed by atoms with van der Waals surface area (Å²) >= 11 is 0. The topological polar surface area (TPSA) is 0 Å². The van der Waals surface area contributed by atoms with Gasteiger partial charge in [0.25, 0.3) is 0 Å². The van der Waals surface area contributed by atoms with Crippen molar-refractivity contribution in [3.8, 4) is 0 Å². The van der Waals surface area contributed by atoms with Gasteiger partial charge in [0, 0.05) is 0 Å². The average Bonchev–Trinajstić information content (AvgIpc) is 1.77. The summed E-state index contributed by atoms with van der Waals surface area (Å²) in [4.78, 5) is 0. The van der Waals surface area contributed by atoms with Crippen LogP contribution in [0.25, 0.3) is 0 Å². The Morgan fingerprint density at radius 2 is 0.262 bits per heavy atom. The maximum Gasteiger partial charge on any atom is -0.0357 e. The van der Waals surface area contributed by atoms with E-state index in [4.69, 9.17) is 0 Å². The van der Waals surface area contributed by atoms with Crippen LogP contribution in [0.15, 0.2) is 0 Å². The van der Waals surface area contributed by atoms with E-state index in [1.54, 1.807) is 0 Å². The fourth-order valence-electron chi connectivity index (χ4n) is 18.5. The van der Waals surface area contributed by atoms with Crippen molar-refractivity contribution >= 4 is 0 Å². The molecule has 0 heterocycles. The Kier molecular flexibility index (Phi) is 84.7. The Balaban J connectivity index is -0.000000162. The molecular formula is C103H222. The Morgan fingerprint density at radius 1 is 0.117 bits per heavy atom. The molecule has 0 aromatic heterocycles. The monoisotopic (exact) mass is 1460 g/mol. The molecule has 8 rings (SSSR count). The normalized spacial score (nSPS) is 27.7. The van der Waals surface area contributed by atoms with Gasteiger partial charge in [-0.1, -0.05) is 371 Å². The summed E-state index contributed by atoms with van der Waals surface area (Å²) in [6.45, 7) is 108. The third-order valence-corrected chi connectivity index (χ3v) is 26.5. The van der Waals surface area contributed by atoms with E-state index in [1.165, 1.54) is 148 Å². The van der Waals surface area contributed by atoms with Crippen LogP contribution in [-0.4, -0.2) is 0 Å². The van der Waals surface area contributed by atoms with Crippen molar-refractivity contribution in [2.24, 2.45) is 189 Å². The van der Waals surface area contributed by atoms with E-state index in [2.05, 4.69) is 222 Å². The second-order valence-electron chi connectivity index (χ2n) is 37.9.